The van der Waals surface area contributed by atoms with Gasteiger partial charge in [-0.05, 0) is 24.6 Å². The van der Waals surface area contributed by atoms with E-state index in [2.05, 4.69) is 0 Å². The van der Waals surface area contributed by atoms with Crippen LogP contribution in [0.25, 0.3) is 11.3 Å². The van der Waals surface area contributed by atoms with Crippen LogP contribution in [0.5, 0.6) is 0 Å². The largest absolute Gasteiger partial charge is 0.478 e. The molecule has 0 aliphatic heterocycles. The Hall–Kier alpha value is -3.38. The van der Waals surface area contributed by atoms with Gasteiger partial charge in [-0.3, -0.25) is 0 Å². The molecule has 0 saturated heterocycles. The van der Waals surface area contributed by atoms with Gasteiger partial charge in [-0.1, -0.05) is 78.4 Å². The summed E-state index contributed by atoms with van der Waals surface area (Å²) >= 11 is 0. The second kappa shape index (κ2) is 8.10. The van der Waals surface area contributed by atoms with E-state index < -0.39 is 16.1 Å². The summed E-state index contributed by atoms with van der Waals surface area (Å²) in [5, 5.41) is 9.83. The van der Waals surface area contributed by atoms with E-state index in [1.165, 1.54) is 12.1 Å². The highest BCUT2D eigenvalue weighted by molar-refractivity contribution is 7.87. The number of carboxylic acids is 1. The molecule has 0 saturated carbocycles. The van der Waals surface area contributed by atoms with Crippen LogP contribution in [-0.4, -0.2) is 19.5 Å². The maximum absolute atomic E-state index is 12.8. The number of rotatable bonds is 6. The molecule has 0 aliphatic carbocycles. The molecule has 3 rings (SSSR count). The number of aliphatic carboxylic acids is 1. The van der Waals surface area contributed by atoms with E-state index in [4.69, 9.17) is 4.18 Å². The zero-order valence-electron chi connectivity index (χ0n) is 15.1. The molecule has 0 bridgehead atoms. The van der Waals surface area contributed by atoms with Gasteiger partial charge in [0.25, 0.3) is 0 Å². The first-order valence-electron chi connectivity index (χ1n) is 8.48. The number of carbonyl (C=O) groups is 1. The van der Waals surface area contributed by atoms with Crippen molar-refractivity contribution in [1.82, 2.24) is 0 Å². The normalized spacial score (nSPS) is 12.2. The fourth-order valence-electron chi connectivity index (χ4n) is 2.64. The highest BCUT2D eigenvalue weighted by Gasteiger charge is 2.26. The average Bonchev–Trinajstić information content (AvgIpc) is 2.69. The molecule has 0 unspecified atom stereocenters. The summed E-state index contributed by atoms with van der Waals surface area (Å²) in [7, 11) is -4.23. The van der Waals surface area contributed by atoms with Crippen molar-refractivity contribution >= 4 is 27.4 Å². The molecule has 6 heteroatoms. The van der Waals surface area contributed by atoms with E-state index in [0.29, 0.717) is 11.1 Å². The van der Waals surface area contributed by atoms with Gasteiger partial charge in [0.05, 0.1) is 0 Å². The lowest BCUT2D eigenvalue weighted by molar-refractivity contribution is -0.130. The summed E-state index contributed by atoms with van der Waals surface area (Å²) in [6.07, 6.45) is 0. The molecule has 5 nitrogen and oxygen atoms in total. The van der Waals surface area contributed by atoms with E-state index in [-0.39, 0.29) is 16.2 Å². The van der Waals surface area contributed by atoms with Crippen molar-refractivity contribution in [3.8, 4) is 0 Å². The van der Waals surface area contributed by atoms with E-state index in [1.54, 1.807) is 72.8 Å². The van der Waals surface area contributed by atoms with Gasteiger partial charge in [0.15, 0.2) is 5.76 Å². The lowest BCUT2D eigenvalue weighted by Gasteiger charge is -2.15. The number of benzene rings is 3. The number of hydrogen-bond donors (Lipinski definition) is 1. The Morgan fingerprint density at radius 1 is 0.786 bits per heavy atom. The third-order valence-electron chi connectivity index (χ3n) is 4.04. The third-order valence-corrected chi connectivity index (χ3v) is 5.28. The molecule has 0 heterocycles. The molecule has 3 aromatic carbocycles. The van der Waals surface area contributed by atoms with Gasteiger partial charge in [-0.2, -0.15) is 8.42 Å². The number of carboxylic acid groups (broad SMARTS) is 1. The fourth-order valence-corrected chi connectivity index (χ4v) is 3.61. The van der Waals surface area contributed by atoms with Gasteiger partial charge in [0.1, 0.15) is 10.5 Å². The lowest BCUT2D eigenvalue weighted by atomic mass is 10.0. The average molecular weight is 394 g/mol. The molecule has 0 fully saturated rings. The van der Waals surface area contributed by atoms with Gasteiger partial charge >= 0.3 is 16.1 Å². The van der Waals surface area contributed by atoms with Gasteiger partial charge in [-0.25, -0.2) is 4.79 Å². The van der Waals surface area contributed by atoms with Gasteiger partial charge < -0.3 is 9.29 Å². The Bertz CT molecular complexity index is 1100. The SMILES string of the molecule is Cc1ccc(S(=O)(=O)OC(=C(C(=O)O)c2ccccc2)c2ccccc2)cc1. The highest BCUT2D eigenvalue weighted by atomic mass is 32.2. The zero-order chi connectivity index (χ0) is 20.1. The van der Waals surface area contributed by atoms with Crippen molar-refractivity contribution < 1.29 is 22.5 Å². The van der Waals surface area contributed by atoms with Crippen LogP contribution >= 0.6 is 0 Å². The molecule has 0 atom stereocenters. The van der Waals surface area contributed by atoms with Crippen molar-refractivity contribution in [2.75, 3.05) is 0 Å². The predicted molar refractivity (Wildman–Crippen MR) is 107 cm³/mol. The Morgan fingerprint density at radius 3 is 1.79 bits per heavy atom. The molecule has 0 spiro atoms. The monoisotopic (exact) mass is 394 g/mol. The zero-order valence-corrected chi connectivity index (χ0v) is 15.9. The quantitative estimate of drug-likeness (QED) is 0.291. The first-order valence-corrected chi connectivity index (χ1v) is 9.89. The molecule has 0 aromatic heterocycles. The molecule has 142 valence electrons. The summed E-state index contributed by atoms with van der Waals surface area (Å²) in [6.45, 7) is 1.84. The smallest absolute Gasteiger partial charge is 0.340 e. The maximum atomic E-state index is 12.8. The molecule has 28 heavy (non-hydrogen) atoms. The van der Waals surface area contributed by atoms with Crippen LogP contribution in [-0.2, 0) is 19.1 Å². The van der Waals surface area contributed by atoms with Crippen molar-refractivity contribution in [3.05, 3.63) is 102 Å². The Balaban J connectivity index is 2.20. The van der Waals surface area contributed by atoms with Crippen molar-refractivity contribution in [1.29, 1.82) is 0 Å². The first kappa shape index (κ1) is 19.4. The van der Waals surface area contributed by atoms with E-state index >= 15 is 0 Å². The van der Waals surface area contributed by atoms with Crippen LogP contribution < -0.4 is 0 Å². The van der Waals surface area contributed by atoms with Gasteiger partial charge in [0.2, 0.25) is 0 Å². The molecular formula is C22H18O5S. The molecule has 0 amide bonds. The number of hydrogen-bond acceptors (Lipinski definition) is 4. The van der Waals surface area contributed by atoms with Crippen LogP contribution in [0.15, 0.2) is 89.8 Å². The summed E-state index contributed by atoms with van der Waals surface area (Å²) < 4.78 is 31.1. The minimum absolute atomic E-state index is 0.0515. The molecule has 3 aromatic rings. The van der Waals surface area contributed by atoms with Crippen molar-refractivity contribution in [3.63, 3.8) is 0 Å². The third kappa shape index (κ3) is 4.29. The number of aryl methyl sites for hydroxylation is 1. The molecule has 1 N–H and O–H groups in total. The van der Waals surface area contributed by atoms with Crippen LogP contribution in [0.2, 0.25) is 0 Å². The highest BCUT2D eigenvalue weighted by Crippen LogP contribution is 2.31. The summed E-state index contributed by atoms with van der Waals surface area (Å²) in [4.78, 5) is 12.0. The summed E-state index contributed by atoms with van der Waals surface area (Å²) in [5.41, 5.74) is 1.35. The maximum Gasteiger partial charge on any atom is 0.340 e. The molecular weight excluding hydrogens is 376 g/mol. The second-order valence-corrected chi connectivity index (χ2v) is 7.64. The topological polar surface area (TPSA) is 80.7 Å². The molecule has 0 aliphatic rings. The van der Waals surface area contributed by atoms with Gasteiger partial charge in [-0.15, -0.1) is 0 Å². The predicted octanol–water partition coefficient (Wildman–Crippen LogP) is 4.35. The van der Waals surface area contributed by atoms with Crippen LogP contribution in [0.1, 0.15) is 16.7 Å². The second-order valence-electron chi connectivity index (χ2n) is 6.09. The van der Waals surface area contributed by atoms with E-state index in [9.17, 15) is 18.3 Å². The van der Waals surface area contributed by atoms with E-state index in [0.717, 1.165) is 5.56 Å². The van der Waals surface area contributed by atoms with E-state index in [1.807, 2.05) is 6.92 Å². The van der Waals surface area contributed by atoms with Crippen molar-refractivity contribution in [2.45, 2.75) is 11.8 Å². The fraction of sp³-hybridized carbons (Fsp3) is 0.0455. The standard InChI is InChI=1S/C22H18O5S/c1-16-12-14-19(15-13-16)28(25,26)27-21(18-10-6-3-7-11-18)20(22(23)24)17-8-4-2-5-9-17/h2-15H,1H3,(H,23,24). The summed E-state index contributed by atoms with van der Waals surface area (Å²) in [6, 6.07) is 22.8. The Kier molecular flexibility index (Phi) is 5.61. The van der Waals surface area contributed by atoms with Crippen LogP contribution in [0.4, 0.5) is 0 Å². The van der Waals surface area contributed by atoms with Crippen LogP contribution in [0, 0.1) is 6.92 Å². The van der Waals surface area contributed by atoms with Crippen LogP contribution in [0.3, 0.4) is 0 Å². The van der Waals surface area contributed by atoms with Crippen molar-refractivity contribution in [2.24, 2.45) is 0 Å². The Morgan fingerprint density at radius 2 is 1.29 bits per heavy atom. The molecule has 0 radical (unpaired) electrons. The lowest BCUT2D eigenvalue weighted by Crippen LogP contribution is -2.11. The van der Waals surface area contributed by atoms with Gasteiger partial charge in [0, 0.05) is 5.56 Å². The minimum atomic E-state index is -4.23. The Labute approximate surface area is 163 Å². The minimum Gasteiger partial charge on any atom is -0.478 e. The summed E-state index contributed by atoms with van der Waals surface area (Å²) in [5.74, 6) is -1.52. The first-order chi connectivity index (χ1) is 13.4.